The molecule has 0 saturated heterocycles. The van der Waals surface area contributed by atoms with Crippen LogP contribution < -0.4 is 10.6 Å². The third-order valence-electron chi connectivity index (χ3n) is 7.58. The summed E-state index contributed by atoms with van der Waals surface area (Å²) in [6.45, 7) is 2.39. The van der Waals surface area contributed by atoms with Crippen molar-refractivity contribution < 1.29 is 37.8 Å². The molecule has 4 aromatic rings. The molecule has 4 N–H and O–H groups in total. The molecule has 46 heavy (non-hydrogen) atoms. The highest BCUT2D eigenvalue weighted by molar-refractivity contribution is 5.96. The topological polar surface area (TPSA) is 116 Å². The minimum Gasteiger partial charge on any atom is -0.507 e. The van der Waals surface area contributed by atoms with E-state index in [0.29, 0.717) is 23.2 Å². The van der Waals surface area contributed by atoms with Crippen LogP contribution in [0.15, 0.2) is 84.9 Å². The van der Waals surface area contributed by atoms with Gasteiger partial charge in [-0.2, -0.15) is 13.2 Å². The number of amides is 2. The fraction of sp³-hybridized carbons (Fsp3) is 0.250. The van der Waals surface area contributed by atoms with Gasteiger partial charge in [-0.3, -0.25) is 9.59 Å². The Morgan fingerprint density at radius 1 is 0.696 bits per heavy atom. The number of carboxylic acids is 1. The standard InChI is InChI=1S/C36H35F3N2O5/c1-2-3-4-5-23-6-8-25(9-7-23)21-40-33(43)27-13-10-24(11-14-27)18-28-20-29(36(37,38)39)15-16-30(28)34(44)41-22-26-12-17-32(42)31(19-26)35(45)46/h6-17,19-20,42H,2-5,18,21-22H2,1H3,(H,40,43)(H,41,44)(H,45,46). The van der Waals surface area contributed by atoms with E-state index in [2.05, 4.69) is 29.7 Å². The highest BCUT2D eigenvalue weighted by atomic mass is 19.4. The molecule has 0 atom stereocenters. The predicted octanol–water partition coefficient (Wildman–Crippen LogP) is 7.29. The lowest BCUT2D eigenvalue weighted by Gasteiger charge is -2.15. The van der Waals surface area contributed by atoms with Gasteiger partial charge in [0.15, 0.2) is 0 Å². The highest BCUT2D eigenvalue weighted by Gasteiger charge is 2.31. The first-order chi connectivity index (χ1) is 21.9. The summed E-state index contributed by atoms with van der Waals surface area (Å²) in [5.41, 5.74) is 2.47. The first-order valence-electron chi connectivity index (χ1n) is 14.9. The summed E-state index contributed by atoms with van der Waals surface area (Å²) in [4.78, 5) is 37.1. The number of carbonyl (C=O) groups is 3. The first-order valence-corrected chi connectivity index (χ1v) is 14.9. The van der Waals surface area contributed by atoms with E-state index in [4.69, 9.17) is 0 Å². The van der Waals surface area contributed by atoms with E-state index < -0.39 is 29.4 Å². The van der Waals surface area contributed by atoms with Crippen LogP contribution in [-0.2, 0) is 32.1 Å². The molecule has 0 spiro atoms. The normalized spacial score (nSPS) is 11.2. The lowest BCUT2D eigenvalue weighted by Crippen LogP contribution is -2.24. The number of hydrogen-bond acceptors (Lipinski definition) is 4. The zero-order valence-electron chi connectivity index (χ0n) is 25.3. The van der Waals surface area contributed by atoms with Crippen LogP contribution >= 0.6 is 0 Å². The minimum absolute atomic E-state index is 0.0124. The number of aryl methyl sites for hydroxylation is 1. The van der Waals surface area contributed by atoms with Gasteiger partial charge in [0.2, 0.25) is 0 Å². The largest absolute Gasteiger partial charge is 0.507 e. The van der Waals surface area contributed by atoms with Crippen LogP contribution in [0, 0.1) is 0 Å². The molecule has 0 heterocycles. The summed E-state index contributed by atoms with van der Waals surface area (Å²) in [6.07, 6.45) is -0.121. The summed E-state index contributed by atoms with van der Waals surface area (Å²) in [5.74, 6) is -2.72. The molecule has 0 bridgehead atoms. The second kappa shape index (κ2) is 15.2. The number of halogens is 3. The van der Waals surface area contributed by atoms with Gasteiger partial charge in [0.05, 0.1) is 5.56 Å². The second-order valence-electron chi connectivity index (χ2n) is 11.0. The SMILES string of the molecule is CCCCCc1ccc(CNC(=O)c2ccc(Cc3cc(C(F)(F)F)ccc3C(=O)NCc3ccc(O)c(C(=O)O)c3)cc2)cc1. The number of carbonyl (C=O) groups excluding carboxylic acids is 2. The van der Waals surface area contributed by atoms with Crippen molar-refractivity contribution in [2.45, 2.75) is 58.3 Å². The fourth-order valence-corrected chi connectivity index (χ4v) is 4.96. The minimum atomic E-state index is -4.62. The number of rotatable bonds is 13. The van der Waals surface area contributed by atoms with Gasteiger partial charge in [-0.25, -0.2) is 4.79 Å². The molecule has 0 aliphatic heterocycles. The number of carboxylic acid groups (broad SMARTS) is 1. The van der Waals surface area contributed by atoms with Crippen LogP contribution in [0.5, 0.6) is 5.75 Å². The molecule has 7 nitrogen and oxygen atoms in total. The molecule has 0 aliphatic carbocycles. The van der Waals surface area contributed by atoms with Crippen molar-refractivity contribution in [1.29, 1.82) is 0 Å². The Kier molecular flexibility index (Phi) is 11.2. The van der Waals surface area contributed by atoms with Gasteiger partial charge >= 0.3 is 12.1 Å². The van der Waals surface area contributed by atoms with Gasteiger partial charge in [0.1, 0.15) is 11.3 Å². The Labute approximate surface area is 265 Å². The summed E-state index contributed by atoms with van der Waals surface area (Å²) in [5, 5.41) is 24.4. The summed E-state index contributed by atoms with van der Waals surface area (Å²) >= 11 is 0. The number of aromatic carboxylic acids is 1. The Bertz CT molecular complexity index is 1680. The molecular formula is C36H35F3N2O5. The van der Waals surface area contributed by atoms with Gasteiger partial charge in [0.25, 0.3) is 11.8 Å². The molecule has 0 aromatic heterocycles. The molecule has 240 valence electrons. The van der Waals surface area contributed by atoms with Gasteiger partial charge in [-0.1, -0.05) is 62.2 Å². The maximum atomic E-state index is 13.6. The predicted molar refractivity (Wildman–Crippen MR) is 168 cm³/mol. The number of nitrogens with one attached hydrogen (secondary N) is 2. The van der Waals surface area contributed by atoms with Crippen LogP contribution in [0.2, 0.25) is 0 Å². The van der Waals surface area contributed by atoms with Crippen molar-refractivity contribution in [3.05, 3.63) is 135 Å². The molecule has 0 unspecified atom stereocenters. The van der Waals surface area contributed by atoms with E-state index in [-0.39, 0.29) is 35.6 Å². The third kappa shape index (κ3) is 9.20. The molecule has 0 aliphatic rings. The average Bonchev–Trinajstić information content (AvgIpc) is 3.03. The number of phenols is 1. The van der Waals surface area contributed by atoms with Crippen molar-refractivity contribution in [3.63, 3.8) is 0 Å². The van der Waals surface area contributed by atoms with Crippen LogP contribution in [0.25, 0.3) is 0 Å². The van der Waals surface area contributed by atoms with Crippen molar-refractivity contribution in [2.75, 3.05) is 0 Å². The number of alkyl halides is 3. The number of benzene rings is 4. The van der Waals surface area contributed by atoms with Gasteiger partial charge in [-0.15, -0.1) is 0 Å². The summed E-state index contributed by atoms with van der Waals surface area (Å²) in [7, 11) is 0. The van der Waals surface area contributed by atoms with Crippen molar-refractivity contribution in [2.24, 2.45) is 0 Å². The summed E-state index contributed by atoms with van der Waals surface area (Å²) < 4.78 is 40.7. The van der Waals surface area contributed by atoms with Crippen molar-refractivity contribution in [1.82, 2.24) is 10.6 Å². The summed E-state index contributed by atoms with van der Waals surface area (Å²) in [6, 6.07) is 21.2. The van der Waals surface area contributed by atoms with Crippen molar-refractivity contribution in [3.8, 4) is 5.75 Å². The van der Waals surface area contributed by atoms with E-state index in [1.54, 1.807) is 24.3 Å². The zero-order chi connectivity index (χ0) is 33.3. The Morgan fingerprint density at radius 2 is 1.30 bits per heavy atom. The van der Waals surface area contributed by atoms with Crippen molar-refractivity contribution >= 4 is 17.8 Å². The van der Waals surface area contributed by atoms with Crippen LogP contribution in [0.1, 0.15) is 90.6 Å². The van der Waals surface area contributed by atoms with Gasteiger partial charge in [0, 0.05) is 24.2 Å². The maximum Gasteiger partial charge on any atom is 0.416 e. The monoisotopic (exact) mass is 632 g/mol. The first kappa shape index (κ1) is 33.8. The number of hydrogen-bond donors (Lipinski definition) is 4. The Balaban J connectivity index is 1.43. The number of unbranched alkanes of at least 4 members (excludes halogenated alkanes) is 2. The molecule has 0 saturated carbocycles. The number of aromatic hydroxyl groups is 1. The van der Waals surface area contributed by atoms with E-state index >= 15 is 0 Å². The van der Waals surface area contributed by atoms with Gasteiger partial charge < -0.3 is 20.8 Å². The molecule has 4 rings (SSSR count). The van der Waals surface area contributed by atoms with Crippen LogP contribution in [0.4, 0.5) is 13.2 Å². The molecular weight excluding hydrogens is 597 g/mol. The van der Waals surface area contributed by atoms with Crippen LogP contribution in [0.3, 0.4) is 0 Å². The lowest BCUT2D eigenvalue weighted by atomic mass is 9.96. The van der Waals surface area contributed by atoms with E-state index in [1.807, 2.05) is 12.1 Å². The zero-order valence-corrected chi connectivity index (χ0v) is 25.3. The molecule has 4 aromatic carbocycles. The maximum absolute atomic E-state index is 13.6. The fourth-order valence-electron chi connectivity index (χ4n) is 4.96. The Morgan fingerprint density at radius 3 is 1.96 bits per heavy atom. The molecule has 0 radical (unpaired) electrons. The molecule has 0 fully saturated rings. The van der Waals surface area contributed by atoms with E-state index in [0.717, 1.165) is 43.0 Å². The Hall–Kier alpha value is -5.12. The van der Waals surface area contributed by atoms with E-state index in [1.165, 1.54) is 30.2 Å². The molecule has 2 amide bonds. The third-order valence-corrected chi connectivity index (χ3v) is 7.58. The highest BCUT2D eigenvalue weighted by Crippen LogP contribution is 2.31. The average molecular weight is 633 g/mol. The van der Waals surface area contributed by atoms with Gasteiger partial charge in [-0.05, 0) is 89.5 Å². The van der Waals surface area contributed by atoms with E-state index in [9.17, 15) is 37.8 Å². The molecule has 10 heteroatoms. The second-order valence-corrected chi connectivity index (χ2v) is 11.0. The smallest absolute Gasteiger partial charge is 0.416 e. The quantitative estimate of drug-likeness (QED) is 0.116. The van der Waals surface area contributed by atoms with Crippen LogP contribution in [-0.4, -0.2) is 28.0 Å². The lowest BCUT2D eigenvalue weighted by molar-refractivity contribution is -0.137.